The summed E-state index contributed by atoms with van der Waals surface area (Å²) < 4.78 is 40.7. The third-order valence-corrected chi connectivity index (χ3v) is 4.44. The van der Waals surface area contributed by atoms with Crippen LogP contribution in [0, 0.1) is 0 Å². The predicted molar refractivity (Wildman–Crippen MR) is 88.6 cm³/mol. The lowest BCUT2D eigenvalue weighted by molar-refractivity contribution is -0.138. The molecule has 6 nitrogen and oxygen atoms in total. The van der Waals surface area contributed by atoms with Gasteiger partial charge in [0.2, 0.25) is 0 Å². The number of halogens is 3. The number of carbonyl (C=O) groups excluding carboxylic acids is 1. The molecule has 1 fully saturated rings. The van der Waals surface area contributed by atoms with Crippen LogP contribution < -0.4 is 5.32 Å². The zero-order valence-corrected chi connectivity index (χ0v) is 13.9. The first kappa shape index (κ1) is 18.2. The first-order valence-electron chi connectivity index (χ1n) is 8.25. The van der Waals surface area contributed by atoms with Gasteiger partial charge in [-0.2, -0.15) is 18.3 Å². The smallest absolute Gasteiger partial charge is 0.394 e. The fraction of sp³-hybridized carbons (Fsp3) is 0.412. The Morgan fingerprint density at radius 2 is 2.08 bits per heavy atom. The molecular formula is C17H19F3N4O2. The average molecular weight is 368 g/mol. The molecule has 26 heavy (non-hydrogen) atoms. The molecule has 2 N–H and O–H groups in total. The summed E-state index contributed by atoms with van der Waals surface area (Å²) in [6.07, 6.45) is -1.52. The minimum absolute atomic E-state index is 0.0635. The maximum absolute atomic E-state index is 13.1. The lowest BCUT2D eigenvalue weighted by Crippen LogP contribution is -2.40. The van der Waals surface area contributed by atoms with Crippen LogP contribution in [0.25, 0.3) is 0 Å². The topological polar surface area (TPSA) is 70.4 Å². The van der Waals surface area contributed by atoms with E-state index >= 15 is 0 Å². The minimum atomic E-state index is -4.46. The van der Waals surface area contributed by atoms with Crippen molar-refractivity contribution in [2.75, 3.05) is 18.5 Å². The molecule has 0 spiro atoms. The second kappa shape index (κ2) is 7.36. The molecule has 9 heteroatoms. The molecule has 0 bridgehead atoms. The van der Waals surface area contributed by atoms with Crippen molar-refractivity contribution in [3.8, 4) is 0 Å². The van der Waals surface area contributed by atoms with E-state index in [4.69, 9.17) is 0 Å². The van der Waals surface area contributed by atoms with Gasteiger partial charge in [-0.1, -0.05) is 18.2 Å². The Morgan fingerprint density at radius 1 is 1.31 bits per heavy atom. The van der Waals surface area contributed by atoms with Crippen molar-refractivity contribution in [1.29, 1.82) is 0 Å². The largest absolute Gasteiger partial charge is 0.416 e. The number of carbonyl (C=O) groups is 1. The molecule has 1 aliphatic rings. The zero-order chi connectivity index (χ0) is 18.7. The van der Waals surface area contributed by atoms with E-state index in [1.54, 1.807) is 0 Å². The van der Waals surface area contributed by atoms with E-state index in [-0.39, 0.29) is 24.8 Å². The number of amides is 2. The molecular weight excluding hydrogens is 349 g/mol. The maximum atomic E-state index is 13.1. The van der Waals surface area contributed by atoms with E-state index in [2.05, 4.69) is 10.4 Å². The first-order chi connectivity index (χ1) is 12.4. The van der Waals surface area contributed by atoms with Gasteiger partial charge in [0.05, 0.1) is 31.0 Å². The van der Waals surface area contributed by atoms with E-state index in [1.807, 2.05) is 0 Å². The summed E-state index contributed by atoms with van der Waals surface area (Å²) in [6, 6.07) is 6.16. The summed E-state index contributed by atoms with van der Waals surface area (Å²) in [5.41, 5.74) is -0.665. The lowest BCUT2D eigenvalue weighted by Gasteiger charge is -2.23. The molecule has 0 saturated carbocycles. The summed E-state index contributed by atoms with van der Waals surface area (Å²) in [5.74, 6) is 0.301. The molecule has 2 aromatic rings. The number of hydrogen-bond acceptors (Lipinski definition) is 3. The summed E-state index contributed by atoms with van der Waals surface area (Å²) >= 11 is 0. The minimum Gasteiger partial charge on any atom is -0.394 e. The number of aromatic nitrogens is 2. The second-order valence-electron chi connectivity index (χ2n) is 6.13. The normalized spacial score (nSPS) is 17.5. The van der Waals surface area contributed by atoms with E-state index < -0.39 is 17.8 Å². The Balaban J connectivity index is 1.77. The number of alkyl halides is 3. The van der Waals surface area contributed by atoms with Crippen LogP contribution in [0.3, 0.4) is 0 Å². The van der Waals surface area contributed by atoms with E-state index in [0.29, 0.717) is 12.4 Å². The van der Waals surface area contributed by atoms with Crippen molar-refractivity contribution in [1.82, 2.24) is 14.7 Å². The summed E-state index contributed by atoms with van der Waals surface area (Å²) in [5, 5.41) is 16.0. The fourth-order valence-corrected chi connectivity index (χ4v) is 3.14. The van der Waals surface area contributed by atoms with Crippen molar-refractivity contribution in [3.05, 3.63) is 47.7 Å². The van der Waals surface area contributed by atoms with Crippen molar-refractivity contribution in [2.45, 2.75) is 31.6 Å². The van der Waals surface area contributed by atoms with Gasteiger partial charge in [0, 0.05) is 12.6 Å². The molecule has 1 atom stereocenters. The van der Waals surface area contributed by atoms with Gasteiger partial charge >= 0.3 is 12.2 Å². The van der Waals surface area contributed by atoms with Gasteiger partial charge < -0.3 is 10.0 Å². The van der Waals surface area contributed by atoms with Crippen molar-refractivity contribution in [2.24, 2.45) is 0 Å². The number of hydrogen-bond donors (Lipinski definition) is 2. The Bertz CT molecular complexity index is 775. The van der Waals surface area contributed by atoms with Crippen LogP contribution in [0.2, 0.25) is 0 Å². The number of nitrogens with zero attached hydrogens (tertiary/aromatic N) is 3. The van der Waals surface area contributed by atoms with Crippen molar-refractivity contribution in [3.63, 3.8) is 0 Å². The zero-order valence-electron chi connectivity index (χ0n) is 13.9. The summed E-state index contributed by atoms with van der Waals surface area (Å²) in [7, 11) is 0. The number of aliphatic hydroxyl groups is 1. The van der Waals surface area contributed by atoms with Crippen molar-refractivity contribution >= 4 is 11.8 Å². The number of urea groups is 1. The summed E-state index contributed by atoms with van der Waals surface area (Å²) in [6.45, 7) is 0.287. The predicted octanol–water partition coefficient (Wildman–Crippen LogP) is 2.94. The average Bonchev–Trinajstić information content (AvgIpc) is 3.24. The Kier molecular flexibility index (Phi) is 5.17. The number of nitrogens with one attached hydrogen (secondary N) is 1. The molecule has 0 radical (unpaired) electrons. The monoisotopic (exact) mass is 368 g/mol. The third-order valence-electron chi connectivity index (χ3n) is 4.44. The van der Waals surface area contributed by atoms with Gasteiger partial charge in [-0.3, -0.25) is 5.32 Å². The number of likely N-dealkylation sites (tertiary alicyclic amines) is 1. The van der Waals surface area contributed by atoms with Gasteiger partial charge in [-0.05, 0) is 24.5 Å². The van der Waals surface area contributed by atoms with E-state index in [1.165, 1.54) is 40.0 Å². The molecule has 140 valence electrons. The lowest BCUT2D eigenvalue weighted by atomic mass is 10.1. The summed E-state index contributed by atoms with van der Waals surface area (Å²) in [4.78, 5) is 13.9. The van der Waals surface area contributed by atoms with Crippen LogP contribution in [0.1, 0.15) is 24.0 Å². The highest BCUT2D eigenvalue weighted by Crippen LogP contribution is 2.32. The molecule has 2 heterocycles. The molecule has 0 aliphatic carbocycles. The number of benzene rings is 1. The molecule has 1 aliphatic heterocycles. The Morgan fingerprint density at radius 3 is 2.81 bits per heavy atom. The number of anilines is 1. The molecule has 3 rings (SSSR count). The fourth-order valence-electron chi connectivity index (χ4n) is 3.14. The molecule has 1 saturated heterocycles. The van der Waals surface area contributed by atoms with E-state index in [9.17, 15) is 23.1 Å². The van der Waals surface area contributed by atoms with Crippen LogP contribution in [0.15, 0.2) is 36.5 Å². The van der Waals surface area contributed by atoms with Crippen LogP contribution in [0.4, 0.5) is 23.8 Å². The van der Waals surface area contributed by atoms with Crippen LogP contribution in [0.5, 0.6) is 0 Å². The Hall–Kier alpha value is -2.55. The van der Waals surface area contributed by atoms with Crippen LogP contribution in [-0.2, 0) is 12.7 Å². The van der Waals surface area contributed by atoms with Gasteiger partial charge in [0.1, 0.15) is 5.82 Å². The number of rotatable bonds is 4. The molecule has 0 unspecified atom stereocenters. The number of aliphatic hydroxyl groups excluding tert-OH is 1. The quantitative estimate of drug-likeness (QED) is 0.872. The van der Waals surface area contributed by atoms with Gasteiger partial charge in [0.15, 0.2) is 0 Å². The highest BCUT2D eigenvalue weighted by atomic mass is 19.4. The highest BCUT2D eigenvalue weighted by molar-refractivity contribution is 5.88. The van der Waals surface area contributed by atoms with Gasteiger partial charge in [0.25, 0.3) is 0 Å². The van der Waals surface area contributed by atoms with Gasteiger partial charge in [-0.25, -0.2) is 9.48 Å². The SMILES string of the molecule is O=C(Nc1ccnn1Cc1ccccc1C(F)(F)F)N1CCC[C@H]1CO. The maximum Gasteiger partial charge on any atom is 0.416 e. The van der Waals surface area contributed by atoms with Crippen molar-refractivity contribution < 1.29 is 23.1 Å². The third kappa shape index (κ3) is 3.82. The van der Waals surface area contributed by atoms with Crippen LogP contribution in [-0.4, -0.2) is 45.0 Å². The first-order valence-corrected chi connectivity index (χ1v) is 8.25. The van der Waals surface area contributed by atoms with Gasteiger partial charge in [-0.15, -0.1) is 0 Å². The molecule has 1 aromatic heterocycles. The van der Waals surface area contributed by atoms with Crippen LogP contribution >= 0.6 is 0 Å². The highest BCUT2D eigenvalue weighted by Gasteiger charge is 2.33. The molecule has 1 aromatic carbocycles. The van der Waals surface area contributed by atoms with E-state index in [0.717, 1.165) is 18.9 Å². The standard InChI is InChI=1S/C17H19F3N4O2/c18-17(19,20)14-6-2-1-4-12(14)10-24-15(7-8-21-24)22-16(26)23-9-3-5-13(23)11-25/h1-2,4,6-8,13,25H,3,5,9-11H2,(H,22,26)/t13-/m0/s1. The second-order valence-corrected chi connectivity index (χ2v) is 6.13. The molecule has 2 amide bonds. The Labute approximate surface area is 148 Å².